The van der Waals surface area contributed by atoms with Crippen LogP contribution in [0.3, 0.4) is 0 Å². The van der Waals surface area contributed by atoms with Crippen LogP contribution in [0.15, 0.2) is 60.7 Å². The molecule has 0 aliphatic rings. The van der Waals surface area contributed by atoms with Gasteiger partial charge in [-0.05, 0) is 65.9 Å². The largest absolute Gasteiger partial charge is 0.478 e. The summed E-state index contributed by atoms with van der Waals surface area (Å²) in [5.41, 5.74) is 4.48. The zero-order valence-corrected chi connectivity index (χ0v) is 15.1. The fourth-order valence-electron chi connectivity index (χ4n) is 3.06. The molecule has 3 nitrogen and oxygen atoms in total. The van der Waals surface area contributed by atoms with Crippen molar-refractivity contribution < 1.29 is 19.1 Å². The molecule has 136 valence electrons. The van der Waals surface area contributed by atoms with Gasteiger partial charge in [-0.2, -0.15) is 0 Å². The molecule has 0 heterocycles. The summed E-state index contributed by atoms with van der Waals surface area (Å²) < 4.78 is 13.1. The number of aryl methyl sites for hydroxylation is 2. The third-order valence-corrected chi connectivity index (χ3v) is 4.70. The minimum atomic E-state index is -1.08. The van der Waals surface area contributed by atoms with E-state index in [0.29, 0.717) is 16.7 Å². The van der Waals surface area contributed by atoms with Crippen LogP contribution in [0.25, 0.3) is 11.1 Å². The number of carboxylic acid groups (broad SMARTS) is 1. The SMILES string of the molecule is Cc1ccc(-c2cccc(CC(=O)c3ccc(F)cc3)c2C(=O)O)cc1C. The lowest BCUT2D eigenvalue weighted by molar-refractivity contribution is 0.0696. The average Bonchev–Trinajstić information content (AvgIpc) is 2.64. The number of benzene rings is 3. The second kappa shape index (κ2) is 7.54. The number of Topliss-reactive ketones (excluding diaryl/α,β-unsaturated/α-hetero) is 1. The lowest BCUT2D eigenvalue weighted by Gasteiger charge is -2.13. The van der Waals surface area contributed by atoms with Gasteiger partial charge in [-0.25, -0.2) is 9.18 Å². The fraction of sp³-hybridized carbons (Fsp3) is 0.130. The summed E-state index contributed by atoms with van der Waals surface area (Å²) in [6.07, 6.45) is -0.0635. The Morgan fingerprint density at radius 3 is 2.26 bits per heavy atom. The Morgan fingerprint density at radius 2 is 1.63 bits per heavy atom. The minimum Gasteiger partial charge on any atom is -0.478 e. The van der Waals surface area contributed by atoms with E-state index < -0.39 is 11.8 Å². The Morgan fingerprint density at radius 1 is 0.926 bits per heavy atom. The fourth-order valence-corrected chi connectivity index (χ4v) is 3.06. The molecule has 1 N–H and O–H groups in total. The van der Waals surface area contributed by atoms with Crippen LogP contribution in [0, 0.1) is 19.7 Å². The van der Waals surface area contributed by atoms with E-state index in [1.54, 1.807) is 18.2 Å². The van der Waals surface area contributed by atoms with Gasteiger partial charge in [0.05, 0.1) is 5.56 Å². The first kappa shape index (κ1) is 18.5. The van der Waals surface area contributed by atoms with Crippen molar-refractivity contribution in [1.82, 2.24) is 0 Å². The van der Waals surface area contributed by atoms with Crippen LogP contribution in [0.1, 0.15) is 37.4 Å². The van der Waals surface area contributed by atoms with Crippen molar-refractivity contribution in [2.75, 3.05) is 0 Å². The van der Waals surface area contributed by atoms with Gasteiger partial charge in [0, 0.05) is 12.0 Å². The molecule has 4 heteroatoms. The smallest absolute Gasteiger partial charge is 0.336 e. The number of rotatable bonds is 5. The van der Waals surface area contributed by atoms with E-state index in [9.17, 15) is 19.1 Å². The lowest BCUT2D eigenvalue weighted by Crippen LogP contribution is -2.10. The van der Waals surface area contributed by atoms with Crippen LogP contribution in [0.5, 0.6) is 0 Å². The van der Waals surface area contributed by atoms with Gasteiger partial charge in [0.25, 0.3) is 0 Å². The Balaban J connectivity index is 2.03. The highest BCUT2D eigenvalue weighted by atomic mass is 19.1. The summed E-state index contributed by atoms with van der Waals surface area (Å²) in [5, 5.41) is 9.79. The molecular weight excluding hydrogens is 343 g/mol. The first-order valence-electron chi connectivity index (χ1n) is 8.58. The van der Waals surface area contributed by atoms with Crippen molar-refractivity contribution in [3.8, 4) is 11.1 Å². The summed E-state index contributed by atoms with van der Waals surface area (Å²) in [5.74, 6) is -1.75. The van der Waals surface area contributed by atoms with Crippen molar-refractivity contribution in [1.29, 1.82) is 0 Å². The molecule has 0 saturated heterocycles. The average molecular weight is 362 g/mol. The molecule has 0 atom stereocenters. The first-order chi connectivity index (χ1) is 12.9. The highest BCUT2D eigenvalue weighted by molar-refractivity contribution is 6.02. The van der Waals surface area contributed by atoms with Crippen LogP contribution >= 0.6 is 0 Å². The summed E-state index contributed by atoms with van der Waals surface area (Å²) in [6.45, 7) is 3.97. The highest BCUT2D eigenvalue weighted by Crippen LogP contribution is 2.29. The van der Waals surface area contributed by atoms with Crippen molar-refractivity contribution in [3.05, 3.63) is 94.3 Å². The summed E-state index contributed by atoms with van der Waals surface area (Å²) in [4.78, 5) is 24.5. The van der Waals surface area contributed by atoms with Crippen LogP contribution in [-0.4, -0.2) is 16.9 Å². The molecule has 27 heavy (non-hydrogen) atoms. The third-order valence-electron chi connectivity index (χ3n) is 4.70. The van der Waals surface area contributed by atoms with Gasteiger partial charge in [-0.15, -0.1) is 0 Å². The van der Waals surface area contributed by atoms with Crippen molar-refractivity contribution >= 4 is 11.8 Å². The Bertz CT molecular complexity index is 1020. The van der Waals surface area contributed by atoms with E-state index in [1.165, 1.54) is 24.3 Å². The molecule has 0 bridgehead atoms. The molecule has 0 fully saturated rings. The summed E-state index contributed by atoms with van der Waals surface area (Å²) in [7, 11) is 0. The Labute approximate surface area is 157 Å². The van der Waals surface area contributed by atoms with Crippen LogP contribution < -0.4 is 0 Å². The highest BCUT2D eigenvalue weighted by Gasteiger charge is 2.19. The number of hydrogen-bond acceptors (Lipinski definition) is 2. The standard InChI is InChI=1S/C23H19FO3/c1-14-6-7-17(12-15(14)2)20-5-3-4-18(22(20)23(26)27)13-21(25)16-8-10-19(24)11-9-16/h3-12H,13H2,1-2H3,(H,26,27). The van der Waals surface area contributed by atoms with Crippen molar-refractivity contribution in [2.45, 2.75) is 20.3 Å². The quantitative estimate of drug-likeness (QED) is 0.632. The Hall–Kier alpha value is -3.27. The van der Waals surface area contributed by atoms with Crippen molar-refractivity contribution in [3.63, 3.8) is 0 Å². The molecule has 0 unspecified atom stereocenters. The van der Waals surface area contributed by atoms with E-state index in [2.05, 4.69) is 0 Å². The molecule has 0 spiro atoms. The molecule has 0 radical (unpaired) electrons. The lowest BCUT2D eigenvalue weighted by atomic mass is 9.91. The number of ketones is 1. The zero-order valence-electron chi connectivity index (χ0n) is 15.1. The second-order valence-corrected chi connectivity index (χ2v) is 6.55. The maximum Gasteiger partial charge on any atom is 0.336 e. The van der Waals surface area contributed by atoms with E-state index in [-0.39, 0.29) is 17.8 Å². The molecular formula is C23H19FO3. The predicted molar refractivity (Wildman–Crippen MR) is 103 cm³/mol. The maximum absolute atomic E-state index is 13.1. The molecule has 3 rings (SSSR count). The number of aromatic carboxylic acids is 1. The normalized spacial score (nSPS) is 10.6. The minimum absolute atomic E-state index is 0.0635. The molecule has 0 aromatic heterocycles. The van der Waals surface area contributed by atoms with Crippen LogP contribution in [0.4, 0.5) is 4.39 Å². The van der Waals surface area contributed by atoms with Gasteiger partial charge in [0.2, 0.25) is 0 Å². The number of carbonyl (C=O) groups excluding carboxylic acids is 1. The van der Waals surface area contributed by atoms with Crippen LogP contribution in [-0.2, 0) is 6.42 Å². The number of halogens is 1. The van der Waals surface area contributed by atoms with E-state index in [4.69, 9.17) is 0 Å². The topological polar surface area (TPSA) is 54.4 Å². The van der Waals surface area contributed by atoms with Gasteiger partial charge < -0.3 is 5.11 Å². The van der Waals surface area contributed by atoms with Crippen molar-refractivity contribution in [2.24, 2.45) is 0 Å². The van der Waals surface area contributed by atoms with Gasteiger partial charge in [0.15, 0.2) is 5.78 Å². The third kappa shape index (κ3) is 3.95. The van der Waals surface area contributed by atoms with E-state index in [1.807, 2.05) is 32.0 Å². The first-order valence-corrected chi connectivity index (χ1v) is 8.58. The van der Waals surface area contributed by atoms with Gasteiger partial charge >= 0.3 is 5.97 Å². The molecule has 0 aliphatic heterocycles. The predicted octanol–water partition coefficient (Wildman–Crippen LogP) is 5.23. The van der Waals surface area contributed by atoms with Gasteiger partial charge in [-0.1, -0.05) is 36.4 Å². The van der Waals surface area contributed by atoms with E-state index >= 15 is 0 Å². The summed E-state index contributed by atoms with van der Waals surface area (Å²) in [6, 6.07) is 16.2. The zero-order chi connectivity index (χ0) is 19.6. The summed E-state index contributed by atoms with van der Waals surface area (Å²) >= 11 is 0. The number of carboxylic acids is 1. The Kier molecular flexibility index (Phi) is 5.17. The second-order valence-electron chi connectivity index (χ2n) is 6.55. The molecule has 3 aromatic carbocycles. The van der Waals surface area contributed by atoms with Gasteiger partial charge in [0.1, 0.15) is 5.82 Å². The van der Waals surface area contributed by atoms with Crippen LogP contribution in [0.2, 0.25) is 0 Å². The molecule has 0 amide bonds. The number of hydrogen-bond donors (Lipinski definition) is 1. The van der Waals surface area contributed by atoms with E-state index in [0.717, 1.165) is 16.7 Å². The monoisotopic (exact) mass is 362 g/mol. The number of carbonyl (C=O) groups is 2. The molecule has 0 aliphatic carbocycles. The maximum atomic E-state index is 13.1. The van der Waals surface area contributed by atoms with Gasteiger partial charge in [-0.3, -0.25) is 4.79 Å². The molecule has 0 saturated carbocycles. The molecule has 3 aromatic rings.